The Morgan fingerprint density at radius 1 is 1.41 bits per heavy atom. The van der Waals surface area contributed by atoms with E-state index in [2.05, 4.69) is 5.32 Å². The maximum atomic E-state index is 11.0. The van der Waals surface area contributed by atoms with Crippen molar-refractivity contribution in [2.24, 2.45) is 0 Å². The molecule has 0 atom stereocenters. The maximum absolute atomic E-state index is 11.0. The minimum absolute atomic E-state index is 0.0208. The van der Waals surface area contributed by atoms with Crippen LogP contribution in [0.4, 0.5) is 0 Å². The van der Waals surface area contributed by atoms with Crippen molar-refractivity contribution in [1.82, 2.24) is 5.32 Å². The van der Waals surface area contributed by atoms with E-state index in [0.29, 0.717) is 35.0 Å². The van der Waals surface area contributed by atoms with Gasteiger partial charge in [0.15, 0.2) is 0 Å². The van der Waals surface area contributed by atoms with Crippen molar-refractivity contribution in [3.63, 3.8) is 0 Å². The number of hydrogen-bond acceptors (Lipinski definition) is 2. The van der Waals surface area contributed by atoms with Gasteiger partial charge in [-0.1, -0.05) is 36.2 Å². The van der Waals surface area contributed by atoms with Gasteiger partial charge in [0, 0.05) is 13.0 Å². The number of amides is 1. The van der Waals surface area contributed by atoms with Gasteiger partial charge in [0.25, 0.3) is 0 Å². The molecule has 0 aliphatic rings. The molecule has 1 aromatic rings. The van der Waals surface area contributed by atoms with Crippen LogP contribution in [0.3, 0.4) is 0 Å². The van der Waals surface area contributed by atoms with E-state index in [9.17, 15) is 4.79 Å². The largest absolute Gasteiger partial charge is 0.392 e. The Morgan fingerprint density at radius 3 is 2.71 bits per heavy atom. The van der Waals surface area contributed by atoms with Gasteiger partial charge in [0.2, 0.25) is 5.91 Å². The van der Waals surface area contributed by atoms with Gasteiger partial charge < -0.3 is 10.4 Å². The molecular weight excluding hydrogens is 261 g/mol. The summed E-state index contributed by atoms with van der Waals surface area (Å²) in [5, 5.41) is 12.7. The third kappa shape index (κ3) is 4.19. The maximum Gasteiger partial charge on any atom is 0.219 e. The normalized spacial score (nSPS) is 10.4. The van der Waals surface area contributed by atoms with E-state index in [1.165, 1.54) is 0 Å². The Bertz CT molecular complexity index is 408. The monoisotopic (exact) mass is 275 g/mol. The van der Waals surface area contributed by atoms with E-state index in [1.807, 2.05) is 0 Å². The number of carbonyl (C=O) groups is 1. The number of benzene rings is 1. The number of aliphatic hydroxyl groups is 1. The van der Waals surface area contributed by atoms with Crippen LogP contribution in [0.5, 0.6) is 0 Å². The molecule has 0 radical (unpaired) electrons. The molecule has 0 bridgehead atoms. The molecule has 0 aliphatic carbocycles. The Morgan fingerprint density at radius 2 is 2.12 bits per heavy atom. The van der Waals surface area contributed by atoms with Crippen molar-refractivity contribution < 1.29 is 9.90 Å². The molecule has 0 fully saturated rings. The van der Waals surface area contributed by atoms with E-state index >= 15 is 0 Å². The molecule has 0 aliphatic heterocycles. The number of hydrogen-bond donors (Lipinski definition) is 2. The summed E-state index contributed by atoms with van der Waals surface area (Å²) in [6.07, 6.45) is 1.14. The van der Waals surface area contributed by atoms with Crippen LogP contribution < -0.4 is 5.32 Å². The SMILES string of the molecule is CCC(=O)NCCc1cc(Cl)c(Cl)c(CO)c1. The highest BCUT2D eigenvalue weighted by molar-refractivity contribution is 6.42. The van der Waals surface area contributed by atoms with Crippen molar-refractivity contribution in [2.75, 3.05) is 6.54 Å². The molecule has 0 spiro atoms. The summed E-state index contributed by atoms with van der Waals surface area (Å²) in [7, 11) is 0. The molecule has 1 rings (SSSR count). The summed E-state index contributed by atoms with van der Waals surface area (Å²) in [6, 6.07) is 3.55. The Hall–Kier alpha value is -0.770. The van der Waals surface area contributed by atoms with Crippen LogP contribution in [-0.4, -0.2) is 17.6 Å². The number of rotatable bonds is 5. The van der Waals surface area contributed by atoms with Crippen molar-refractivity contribution in [1.29, 1.82) is 0 Å². The highest BCUT2D eigenvalue weighted by atomic mass is 35.5. The second-order valence-corrected chi connectivity index (χ2v) is 4.45. The summed E-state index contributed by atoms with van der Waals surface area (Å²) in [5.74, 6) is 0.0208. The van der Waals surface area contributed by atoms with Crippen LogP contribution >= 0.6 is 23.2 Å². The first-order valence-electron chi connectivity index (χ1n) is 5.42. The van der Waals surface area contributed by atoms with Gasteiger partial charge in [0.05, 0.1) is 16.7 Å². The number of aliphatic hydroxyl groups excluding tert-OH is 1. The lowest BCUT2D eigenvalue weighted by Gasteiger charge is -2.08. The number of nitrogens with one attached hydrogen (secondary N) is 1. The first-order chi connectivity index (χ1) is 8.08. The molecule has 0 saturated carbocycles. The fourth-order valence-corrected chi connectivity index (χ4v) is 1.87. The average molecular weight is 276 g/mol. The zero-order chi connectivity index (χ0) is 12.8. The lowest BCUT2D eigenvalue weighted by molar-refractivity contribution is -0.120. The predicted molar refractivity (Wildman–Crippen MR) is 69.4 cm³/mol. The van der Waals surface area contributed by atoms with Gasteiger partial charge in [-0.2, -0.15) is 0 Å². The molecule has 3 nitrogen and oxygen atoms in total. The molecule has 0 aromatic heterocycles. The van der Waals surface area contributed by atoms with Gasteiger partial charge in [-0.3, -0.25) is 4.79 Å². The molecule has 1 aromatic carbocycles. The summed E-state index contributed by atoms with van der Waals surface area (Å²) in [6.45, 7) is 2.21. The van der Waals surface area contributed by atoms with E-state index in [-0.39, 0.29) is 12.5 Å². The first kappa shape index (κ1) is 14.3. The van der Waals surface area contributed by atoms with E-state index in [0.717, 1.165) is 5.56 Å². The minimum Gasteiger partial charge on any atom is -0.392 e. The summed E-state index contributed by atoms with van der Waals surface area (Å²) in [4.78, 5) is 11.0. The van der Waals surface area contributed by atoms with Crippen LogP contribution in [0.1, 0.15) is 24.5 Å². The van der Waals surface area contributed by atoms with Crippen LogP contribution in [-0.2, 0) is 17.8 Å². The van der Waals surface area contributed by atoms with Crippen LogP contribution in [0.25, 0.3) is 0 Å². The number of halogens is 2. The molecule has 0 saturated heterocycles. The molecular formula is C12H15Cl2NO2. The molecule has 1 amide bonds. The van der Waals surface area contributed by atoms with Gasteiger partial charge in [-0.15, -0.1) is 0 Å². The highest BCUT2D eigenvalue weighted by Crippen LogP contribution is 2.27. The lowest BCUT2D eigenvalue weighted by Crippen LogP contribution is -2.24. The van der Waals surface area contributed by atoms with Crippen molar-refractivity contribution in [2.45, 2.75) is 26.4 Å². The zero-order valence-corrected chi connectivity index (χ0v) is 11.1. The van der Waals surface area contributed by atoms with Crippen LogP contribution in [0.15, 0.2) is 12.1 Å². The highest BCUT2D eigenvalue weighted by Gasteiger charge is 2.07. The molecule has 94 valence electrons. The minimum atomic E-state index is -0.145. The van der Waals surface area contributed by atoms with E-state index in [4.69, 9.17) is 28.3 Å². The first-order valence-corrected chi connectivity index (χ1v) is 6.18. The summed E-state index contributed by atoms with van der Waals surface area (Å²) >= 11 is 11.8. The summed E-state index contributed by atoms with van der Waals surface area (Å²) in [5.41, 5.74) is 1.55. The molecule has 2 N–H and O–H groups in total. The summed E-state index contributed by atoms with van der Waals surface area (Å²) < 4.78 is 0. The fraction of sp³-hybridized carbons (Fsp3) is 0.417. The van der Waals surface area contributed by atoms with Crippen molar-refractivity contribution in [3.8, 4) is 0 Å². The van der Waals surface area contributed by atoms with Gasteiger partial charge >= 0.3 is 0 Å². The zero-order valence-electron chi connectivity index (χ0n) is 9.59. The fourth-order valence-electron chi connectivity index (χ4n) is 1.44. The third-order valence-corrected chi connectivity index (χ3v) is 3.23. The predicted octanol–water partition coefficient (Wildman–Crippen LogP) is 2.55. The standard InChI is InChI=1S/C12H15Cl2NO2/c1-2-11(17)15-4-3-8-5-9(7-16)12(14)10(13)6-8/h5-6,16H,2-4,7H2,1H3,(H,15,17). The third-order valence-electron chi connectivity index (χ3n) is 2.39. The van der Waals surface area contributed by atoms with Gasteiger partial charge in [0.1, 0.15) is 0 Å². The number of carbonyl (C=O) groups excluding carboxylic acids is 1. The Balaban J connectivity index is 2.66. The second-order valence-electron chi connectivity index (χ2n) is 3.66. The van der Waals surface area contributed by atoms with Gasteiger partial charge in [-0.05, 0) is 23.6 Å². The Labute approximate surface area is 111 Å². The van der Waals surface area contributed by atoms with Crippen molar-refractivity contribution >= 4 is 29.1 Å². The van der Waals surface area contributed by atoms with Crippen LogP contribution in [0, 0.1) is 0 Å². The smallest absolute Gasteiger partial charge is 0.219 e. The second kappa shape index (κ2) is 6.84. The topological polar surface area (TPSA) is 49.3 Å². The quantitative estimate of drug-likeness (QED) is 0.868. The Kier molecular flexibility index (Phi) is 5.75. The lowest BCUT2D eigenvalue weighted by atomic mass is 10.1. The van der Waals surface area contributed by atoms with E-state index < -0.39 is 0 Å². The van der Waals surface area contributed by atoms with Gasteiger partial charge in [-0.25, -0.2) is 0 Å². The average Bonchev–Trinajstić information content (AvgIpc) is 2.33. The molecule has 17 heavy (non-hydrogen) atoms. The van der Waals surface area contributed by atoms with Crippen LogP contribution in [0.2, 0.25) is 10.0 Å². The van der Waals surface area contributed by atoms with Crippen molar-refractivity contribution in [3.05, 3.63) is 33.3 Å². The van der Waals surface area contributed by atoms with E-state index in [1.54, 1.807) is 19.1 Å². The molecule has 0 heterocycles. The molecule has 0 unspecified atom stereocenters. The molecule has 5 heteroatoms.